The van der Waals surface area contributed by atoms with Crippen LogP contribution in [-0.2, 0) is 12.8 Å². The molecule has 0 unspecified atom stereocenters. The van der Waals surface area contributed by atoms with Gasteiger partial charge in [0.05, 0.1) is 24.9 Å². The molecule has 2 aromatic carbocycles. The number of aromatic nitrogens is 1. The van der Waals surface area contributed by atoms with Crippen LogP contribution in [0.5, 0.6) is 11.5 Å². The van der Waals surface area contributed by atoms with E-state index < -0.39 is 0 Å². The van der Waals surface area contributed by atoms with E-state index in [-0.39, 0.29) is 0 Å². The van der Waals surface area contributed by atoms with Gasteiger partial charge in [0, 0.05) is 18.2 Å². The molecule has 0 spiro atoms. The van der Waals surface area contributed by atoms with Crippen LogP contribution in [-0.4, -0.2) is 19.2 Å². The normalized spacial score (nSPS) is 10.5. The van der Waals surface area contributed by atoms with Crippen LogP contribution in [0.25, 0.3) is 0 Å². The average Bonchev–Trinajstić information content (AvgIpc) is 3.03. The first-order chi connectivity index (χ1) is 11.3. The summed E-state index contributed by atoms with van der Waals surface area (Å²) in [5.74, 6) is 1.76. The number of rotatable bonds is 6. The predicted octanol–water partition coefficient (Wildman–Crippen LogP) is 4.34. The highest BCUT2D eigenvalue weighted by Crippen LogP contribution is 2.20. The SMILES string of the molecule is COc1ccc(Cc2csc(Cc3ccc(OC)cc3)n2)cc1. The summed E-state index contributed by atoms with van der Waals surface area (Å²) in [6.07, 6.45) is 1.71. The number of benzene rings is 2. The molecule has 0 atom stereocenters. The molecule has 1 aromatic heterocycles. The van der Waals surface area contributed by atoms with Crippen LogP contribution >= 0.6 is 11.3 Å². The quantitative estimate of drug-likeness (QED) is 0.675. The fourth-order valence-corrected chi connectivity index (χ4v) is 3.21. The first-order valence-corrected chi connectivity index (χ1v) is 8.34. The molecule has 4 heteroatoms. The van der Waals surface area contributed by atoms with Gasteiger partial charge >= 0.3 is 0 Å². The van der Waals surface area contributed by atoms with Crippen molar-refractivity contribution >= 4 is 11.3 Å². The summed E-state index contributed by atoms with van der Waals surface area (Å²) in [5, 5.41) is 3.28. The zero-order valence-electron chi connectivity index (χ0n) is 13.3. The second-order valence-corrected chi connectivity index (χ2v) is 6.22. The second kappa shape index (κ2) is 7.29. The highest BCUT2D eigenvalue weighted by Gasteiger charge is 2.05. The lowest BCUT2D eigenvalue weighted by molar-refractivity contribution is 0.414. The fraction of sp³-hybridized carbons (Fsp3) is 0.211. The van der Waals surface area contributed by atoms with E-state index in [4.69, 9.17) is 14.5 Å². The Morgan fingerprint density at radius 3 is 1.83 bits per heavy atom. The average molecular weight is 325 g/mol. The lowest BCUT2D eigenvalue weighted by Gasteiger charge is -2.02. The van der Waals surface area contributed by atoms with Crippen LogP contribution in [0.3, 0.4) is 0 Å². The first-order valence-electron chi connectivity index (χ1n) is 7.46. The second-order valence-electron chi connectivity index (χ2n) is 5.28. The molecule has 0 aliphatic rings. The Bertz CT molecular complexity index is 684. The Morgan fingerprint density at radius 2 is 1.30 bits per heavy atom. The molecule has 1 heterocycles. The molecule has 23 heavy (non-hydrogen) atoms. The van der Waals surface area contributed by atoms with Crippen LogP contribution in [0, 0.1) is 0 Å². The molecule has 0 aliphatic heterocycles. The van der Waals surface area contributed by atoms with Crippen molar-refractivity contribution in [2.75, 3.05) is 14.2 Å². The molecular weight excluding hydrogens is 306 g/mol. The molecule has 118 valence electrons. The standard InChI is InChI=1S/C19H19NO2S/c1-21-17-7-3-14(4-8-17)11-16-13-23-19(20-16)12-15-5-9-18(22-2)10-6-15/h3-10,13H,11-12H2,1-2H3. The van der Waals surface area contributed by atoms with E-state index in [1.165, 1.54) is 11.1 Å². The molecule has 0 bridgehead atoms. The Balaban J connectivity index is 1.64. The Hall–Kier alpha value is -2.33. The maximum Gasteiger partial charge on any atom is 0.118 e. The van der Waals surface area contributed by atoms with Gasteiger partial charge in [-0.2, -0.15) is 0 Å². The molecular formula is C19H19NO2S. The maximum absolute atomic E-state index is 5.18. The fourth-order valence-electron chi connectivity index (χ4n) is 2.38. The van der Waals surface area contributed by atoms with E-state index in [1.54, 1.807) is 25.6 Å². The van der Waals surface area contributed by atoms with Crippen molar-refractivity contribution in [2.45, 2.75) is 12.8 Å². The van der Waals surface area contributed by atoms with Gasteiger partial charge in [-0.3, -0.25) is 0 Å². The van der Waals surface area contributed by atoms with Crippen LogP contribution < -0.4 is 9.47 Å². The van der Waals surface area contributed by atoms with Crippen LogP contribution in [0.4, 0.5) is 0 Å². The van der Waals surface area contributed by atoms with Gasteiger partial charge in [0.2, 0.25) is 0 Å². The number of ether oxygens (including phenoxy) is 2. The third kappa shape index (κ3) is 4.11. The summed E-state index contributed by atoms with van der Waals surface area (Å²) in [7, 11) is 3.36. The van der Waals surface area contributed by atoms with E-state index >= 15 is 0 Å². The molecule has 3 rings (SSSR count). The molecule has 0 saturated heterocycles. The van der Waals surface area contributed by atoms with Crippen molar-refractivity contribution in [1.82, 2.24) is 4.98 Å². The van der Waals surface area contributed by atoms with Crippen molar-refractivity contribution in [3.05, 3.63) is 75.7 Å². The summed E-state index contributed by atoms with van der Waals surface area (Å²) < 4.78 is 10.4. The molecule has 3 aromatic rings. The zero-order valence-corrected chi connectivity index (χ0v) is 14.1. The summed E-state index contributed by atoms with van der Waals surface area (Å²) in [6, 6.07) is 16.3. The Kier molecular flexibility index (Phi) is 4.93. The van der Waals surface area contributed by atoms with Gasteiger partial charge in [0.1, 0.15) is 11.5 Å². The van der Waals surface area contributed by atoms with E-state index in [1.807, 2.05) is 24.3 Å². The van der Waals surface area contributed by atoms with Gasteiger partial charge in [-0.15, -0.1) is 11.3 Å². The maximum atomic E-state index is 5.18. The Labute approximate surface area is 140 Å². The molecule has 0 saturated carbocycles. The number of methoxy groups -OCH3 is 2. The summed E-state index contributed by atoms with van der Waals surface area (Å²) >= 11 is 1.71. The Morgan fingerprint density at radius 1 is 0.783 bits per heavy atom. The highest BCUT2D eigenvalue weighted by atomic mass is 32.1. The lowest BCUT2D eigenvalue weighted by Crippen LogP contribution is -1.92. The predicted molar refractivity (Wildman–Crippen MR) is 93.7 cm³/mol. The van der Waals surface area contributed by atoms with Crippen LogP contribution in [0.1, 0.15) is 21.8 Å². The number of hydrogen-bond acceptors (Lipinski definition) is 4. The minimum atomic E-state index is 0.850. The van der Waals surface area contributed by atoms with E-state index in [9.17, 15) is 0 Å². The molecule has 0 amide bonds. The van der Waals surface area contributed by atoms with Crippen molar-refractivity contribution in [3.63, 3.8) is 0 Å². The van der Waals surface area contributed by atoms with Gasteiger partial charge in [0.15, 0.2) is 0 Å². The van der Waals surface area contributed by atoms with Gasteiger partial charge in [-0.05, 0) is 35.4 Å². The van der Waals surface area contributed by atoms with E-state index in [0.29, 0.717) is 0 Å². The minimum absolute atomic E-state index is 0.850. The van der Waals surface area contributed by atoms with Crippen molar-refractivity contribution in [3.8, 4) is 11.5 Å². The van der Waals surface area contributed by atoms with Crippen LogP contribution in [0.15, 0.2) is 53.9 Å². The summed E-state index contributed by atoms with van der Waals surface area (Å²) in [6.45, 7) is 0. The minimum Gasteiger partial charge on any atom is -0.497 e. The van der Waals surface area contributed by atoms with Crippen LogP contribution in [0.2, 0.25) is 0 Å². The van der Waals surface area contributed by atoms with Gasteiger partial charge in [0.25, 0.3) is 0 Å². The highest BCUT2D eigenvalue weighted by molar-refractivity contribution is 7.09. The topological polar surface area (TPSA) is 31.4 Å². The molecule has 0 fully saturated rings. The van der Waals surface area contributed by atoms with Crippen molar-refractivity contribution < 1.29 is 9.47 Å². The van der Waals surface area contributed by atoms with Crippen molar-refractivity contribution in [2.24, 2.45) is 0 Å². The number of nitrogens with zero attached hydrogens (tertiary/aromatic N) is 1. The third-order valence-electron chi connectivity index (χ3n) is 3.66. The molecule has 3 nitrogen and oxygen atoms in total. The van der Waals surface area contributed by atoms with Gasteiger partial charge < -0.3 is 9.47 Å². The molecule has 0 aliphatic carbocycles. The summed E-state index contributed by atoms with van der Waals surface area (Å²) in [5.41, 5.74) is 3.60. The number of hydrogen-bond donors (Lipinski definition) is 0. The van der Waals surface area contributed by atoms with E-state index in [2.05, 4.69) is 29.6 Å². The third-order valence-corrected chi connectivity index (χ3v) is 4.56. The smallest absolute Gasteiger partial charge is 0.118 e. The number of thiazole rings is 1. The molecule has 0 radical (unpaired) electrons. The zero-order chi connectivity index (χ0) is 16.1. The van der Waals surface area contributed by atoms with Gasteiger partial charge in [-0.1, -0.05) is 24.3 Å². The van der Waals surface area contributed by atoms with Crippen molar-refractivity contribution in [1.29, 1.82) is 0 Å². The molecule has 0 N–H and O–H groups in total. The lowest BCUT2D eigenvalue weighted by atomic mass is 10.1. The van der Waals surface area contributed by atoms with Gasteiger partial charge in [-0.25, -0.2) is 4.98 Å². The first kappa shape index (κ1) is 15.6. The summed E-state index contributed by atoms with van der Waals surface area (Å²) in [4.78, 5) is 4.74. The monoisotopic (exact) mass is 325 g/mol. The van der Waals surface area contributed by atoms with E-state index in [0.717, 1.165) is 35.0 Å². The largest absolute Gasteiger partial charge is 0.497 e.